The van der Waals surface area contributed by atoms with Gasteiger partial charge in [-0.3, -0.25) is 4.79 Å². The lowest BCUT2D eigenvalue weighted by Gasteiger charge is -2.02. The van der Waals surface area contributed by atoms with E-state index in [-0.39, 0.29) is 5.56 Å². The van der Waals surface area contributed by atoms with Gasteiger partial charge in [0.05, 0.1) is 6.54 Å². The first-order chi connectivity index (χ1) is 7.63. The number of H-pyrrole nitrogens is 1. The van der Waals surface area contributed by atoms with Gasteiger partial charge in [0.15, 0.2) is 0 Å². The zero-order valence-corrected chi connectivity index (χ0v) is 9.07. The molecule has 0 saturated heterocycles. The van der Waals surface area contributed by atoms with Crippen molar-refractivity contribution in [1.82, 2.24) is 15.1 Å². The van der Waals surface area contributed by atoms with Gasteiger partial charge in [-0.05, 0) is 13.8 Å². The minimum atomic E-state index is -0.175. The minimum Gasteiger partial charge on any atom is -0.364 e. The quantitative estimate of drug-likeness (QED) is 0.805. The number of hydrogen-bond acceptors (Lipinski definition) is 5. The molecule has 2 rings (SSSR count). The highest BCUT2D eigenvalue weighted by molar-refractivity contribution is 5.33. The molecule has 0 aliphatic heterocycles. The molecule has 84 valence electrons. The van der Waals surface area contributed by atoms with Crippen molar-refractivity contribution >= 4 is 5.82 Å². The van der Waals surface area contributed by atoms with Crippen molar-refractivity contribution in [2.24, 2.45) is 0 Å². The van der Waals surface area contributed by atoms with Gasteiger partial charge in [0.1, 0.15) is 23.1 Å². The number of aromatic nitrogens is 3. The van der Waals surface area contributed by atoms with Crippen LogP contribution in [0.3, 0.4) is 0 Å². The summed E-state index contributed by atoms with van der Waals surface area (Å²) < 4.78 is 4.92. The average Bonchev–Trinajstić information content (AvgIpc) is 2.60. The fourth-order valence-electron chi connectivity index (χ4n) is 1.35. The second kappa shape index (κ2) is 4.18. The summed E-state index contributed by atoms with van der Waals surface area (Å²) in [5, 5.41) is 6.83. The second-order valence-corrected chi connectivity index (χ2v) is 3.50. The van der Waals surface area contributed by atoms with Gasteiger partial charge in [-0.25, -0.2) is 4.98 Å². The molecule has 0 aliphatic carbocycles. The van der Waals surface area contributed by atoms with Gasteiger partial charge in [0.2, 0.25) is 0 Å². The van der Waals surface area contributed by atoms with Crippen LogP contribution in [0.1, 0.15) is 17.3 Å². The number of hydrogen-bond donors (Lipinski definition) is 2. The molecular weight excluding hydrogens is 208 g/mol. The number of nitrogens with zero attached hydrogens (tertiary/aromatic N) is 2. The Morgan fingerprint density at radius 1 is 1.44 bits per heavy atom. The molecule has 0 aliphatic rings. The van der Waals surface area contributed by atoms with Crippen LogP contribution in [0.2, 0.25) is 0 Å². The lowest BCUT2D eigenvalue weighted by atomic mass is 10.4. The third-order valence-electron chi connectivity index (χ3n) is 1.99. The second-order valence-electron chi connectivity index (χ2n) is 3.50. The summed E-state index contributed by atoms with van der Waals surface area (Å²) in [6.07, 6.45) is 0. The van der Waals surface area contributed by atoms with Crippen LogP contribution in [0.25, 0.3) is 0 Å². The molecule has 0 atom stereocenters. The molecule has 0 saturated carbocycles. The van der Waals surface area contributed by atoms with Gasteiger partial charge in [0, 0.05) is 12.1 Å². The molecule has 0 amide bonds. The van der Waals surface area contributed by atoms with E-state index in [0.717, 1.165) is 11.5 Å². The van der Waals surface area contributed by atoms with E-state index in [1.165, 1.54) is 6.07 Å². The van der Waals surface area contributed by atoms with Crippen molar-refractivity contribution in [3.05, 3.63) is 39.8 Å². The van der Waals surface area contributed by atoms with Crippen LogP contribution in [-0.2, 0) is 6.54 Å². The number of aromatic amines is 1. The Balaban J connectivity index is 2.07. The molecule has 0 bridgehead atoms. The highest BCUT2D eigenvalue weighted by Gasteiger charge is 2.01. The van der Waals surface area contributed by atoms with E-state index in [1.807, 2.05) is 13.0 Å². The Morgan fingerprint density at radius 3 is 2.88 bits per heavy atom. The normalized spacial score (nSPS) is 10.4. The van der Waals surface area contributed by atoms with E-state index < -0.39 is 0 Å². The van der Waals surface area contributed by atoms with E-state index in [9.17, 15) is 4.79 Å². The highest BCUT2D eigenvalue weighted by Crippen LogP contribution is 2.05. The minimum absolute atomic E-state index is 0.175. The maximum atomic E-state index is 11.2. The summed E-state index contributed by atoms with van der Waals surface area (Å²) in [6.45, 7) is 4.03. The predicted molar refractivity (Wildman–Crippen MR) is 58.2 cm³/mol. The third-order valence-corrected chi connectivity index (χ3v) is 1.99. The van der Waals surface area contributed by atoms with E-state index in [4.69, 9.17) is 4.52 Å². The summed E-state index contributed by atoms with van der Waals surface area (Å²) in [7, 11) is 0. The molecule has 0 spiro atoms. The first kappa shape index (κ1) is 10.4. The molecule has 2 aromatic rings. The molecule has 6 heteroatoms. The maximum Gasteiger partial charge on any atom is 0.252 e. The van der Waals surface area contributed by atoms with Crippen LogP contribution in [0.4, 0.5) is 5.82 Å². The number of aryl methyl sites for hydroxylation is 2. The fourth-order valence-corrected chi connectivity index (χ4v) is 1.35. The number of anilines is 1. The Bertz CT molecular complexity index is 544. The van der Waals surface area contributed by atoms with Crippen LogP contribution < -0.4 is 10.9 Å². The number of rotatable bonds is 3. The van der Waals surface area contributed by atoms with E-state index in [1.54, 1.807) is 6.92 Å². The molecule has 0 fully saturated rings. The first-order valence-electron chi connectivity index (χ1n) is 4.87. The Morgan fingerprint density at radius 2 is 2.25 bits per heavy atom. The van der Waals surface area contributed by atoms with Crippen molar-refractivity contribution in [2.75, 3.05) is 5.32 Å². The SMILES string of the molecule is Cc1nc(NCc2cc(C)on2)cc(=O)[nH]1. The Labute approximate surface area is 91.7 Å². The number of nitrogens with one attached hydrogen (secondary N) is 2. The van der Waals surface area contributed by atoms with Crippen molar-refractivity contribution in [1.29, 1.82) is 0 Å². The molecule has 0 unspecified atom stereocenters. The van der Waals surface area contributed by atoms with Gasteiger partial charge in [0.25, 0.3) is 5.56 Å². The van der Waals surface area contributed by atoms with E-state index >= 15 is 0 Å². The Hall–Kier alpha value is -2.11. The largest absolute Gasteiger partial charge is 0.364 e. The lowest BCUT2D eigenvalue weighted by molar-refractivity contribution is 0.391. The summed E-state index contributed by atoms with van der Waals surface area (Å²) in [5.41, 5.74) is 0.601. The van der Waals surface area contributed by atoms with Crippen molar-refractivity contribution in [3.63, 3.8) is 0 Å². The molecule has 2 N–H and O–H groups in total. The summed E-state index contributed by atoms with van der Waals surface area (Å²) in [5.74, 6) is 1.86. The van der Waals surface area contributed by atoms with Crippen molar-refractivity contribution < 1.29 is 4.52 Å². The van der Waals surface area contributed by atoms with Crippen molar-refractivity contribution in [2.45, 2.75) is 20.4 Å². The van der Waals surface area contributed by atoms with Crippen molar-refractivity contribution in [3.8, 4) is 0 Å². The topological polar surface area (TPSA) is 83.8 Å². The molecule has 0 aromatic carbocycles. The van der Waals surface area contributed by atoms with Crippen LogP contribution in [0.5, 0.6) is 0 Å². The van der Waals surface area contributed by atoms with E-state index in [2.05, 4.69) is 20.4 Å². The van der Waals surface area contributed by atoms with Crippen LogP contribution in [0.15, 0.2) is 21.5 Å². The molecular formula is C10H12N4O2. The molecule has 2 aromatic heterocycles. The zero-order chi connectivity index (χ0) is 11.5. The zero-order valence-electron chi connectivity index (χ0n) is 9.07. The van der Waals surface area contributed by atoms with Gasteiger partial charge in [-0.1, -0.05) is 5.16 Å². The van der Waals surface area contributed by atoms with E-state index in [0.29, 0.717) is 18.2 Å². The Kier molecular flexibility index (Phi) is 2.72. The third kappa shape index (κ3) is 2.47. The smallest absolute Gasteiger partial charge is 0.252 e. The predicted octanol–water partition coefficient (Wildman–Crippen LogP) is 0.987. The summed E-state index contributed by atoms with van der Waals surface area (Å²) >= 11 is 0. The van der Waals surface area contributed by atoms with Gasteiger partial charge >= 0.3 is 0 Å². The first-order valence-corrected chi connectivity index (χ1v) is 4.87. The van der Waals surface area contributed by atoms with Crippen LogP contribution in [-0.4, -0.2) is 15.1 Å². The van der Waals surface area contributed by atoms with Gasteiger partial charge in [-0.15, -0.1) is 0 Å². The molecule has 0 radical (unpaired) electrons. The molecule has 6 nitrogen and oxygen atoms in total. The lowest BCUT2D eigenvalue weighted by Crippen LogP contribution is -2.11. The fraction of sp³-hybridized carbons (Fsp3) is 0.300. The van der Waals surface area contributed by atoms with Gasteiger partial charge < -0.3 is 14.8 Å². The summed E-state index contributed by atoms with van der Waals surface area (Å²) in [4.78, 5) is 17.9. The summed E-state index contributed by atoms with van der Waals surface area (Å²) in [6, 6.07) is 3.23. The molecule has 16 heavy (non-hydrogen) atoms. The monoisotopic (exact) mass is 220 g/mol. The van der Waals surface area contributed by atoms with Crippen LogP contribution >= 0.6 is 0 Å². The average molecular weight is 220 g/mol. The maximum absolute atomic E-state index is 11.2. The molecule has 2 heterocycles. The van der Waals surface area contributed by atoms with Gasteiger partial charge in [-0.2, -0.15) is 0 Å². The standard InChI is InChI=1S/C10H12N4O2/c1-6-3-8(14-16-6)5-11-9-4-10(15)13-7(2)12-9/h3-4H,5H2,1-2H3,(H2,11,12,13,15). The van der Waals surface area contributed by atoms with Crippen LogP contribution in [0, 0.1) is 13.8 Å². The highest BCUT2D eigenvalue weighted by atomic mass is 16.5.